The molecule has 2 unspecified atom stereocenters. The third-order valence-electron chi connectivity index (χ3n) is 12.1. The van der Waals surface area contributed by atoms with Crippen LogP contribution in [-0.4, -0.2) is 0 Å². The number of nitrogens with zero attached hydrogens (tertiary/aromatic N) is 2. The second-order valence-electron chi connectivity index (χ2n) is 15.3. The van der Waals surface area contributed by atoms with Gasteiger partial charge in [-0.3, -0.25) is 0 Å². The van der Waals surface area contributed by atoms with E-state index in [1.807, 2.05) is 6.07 Å². The van der Waals surface area contributed by atoms with Crippen LogP contribution in [0.4, 0.5) is 28.4 Å². The molecule has 0 fully saturated rings. The van der Waals surface area contributed by atoms with E-state index in [9.17, 15) is 0 Å². The zero-order valence-corrected chi connectivity index (χ0v) is 31.3. The lowest BCUT2D eigenvalue weighted by Gasteiger charge is -2.38. The summed E-state index contributed by atoms with van der Waals surface area (Å²) in [6.07, 6.45) is 4.59. The molecule has 270 valence electrons. The van der Waals surface area contributed by atoms with Gasteiger partial charge < -0.3 is 18.6 Å². The highest BCUT2D eigenvalue weighted by atomic mass is 16.3. The number of fused-ring (bicyclic) bond motifs is 6. The third-order valence-corrected chi connectivity index (χ3v) is 12.1. The highest BCUT2D eigenvalue weighted by Gasteiger charge is 2.35. The minimum Gasteiger partial charge on any atom is -0.458 e. The van der Waals surface area contributed by atoms with Gasteiger partial charge in [-0.15, -0.1) is 0 Å². The van der Waals surface area contributed by atoms with Crippen LogP contribution in [0.2, 0.25) is 0 Å². The highest BCUT2D eigenvalue weighted by Crippen LogP contribution is 2.51. The van der Waals surface area contributed by atoms with Gasteiger partial charge in [0.2, 0.25) is 0 Å². The average Bonchev–Trinajstić information content (AvgIpc) is 3.84. The number of benzene rings is 9. The molecule has 0 N–H and O–H groups in total. The number of furan rings is 2. The highest BCUT2D eigenvalue weighted by molar-refractivity contribution is 6.28. The van der Waals surface area contributed by atoms with Gasteiger partial charge in [-0.05, 0) is 76.1 Å². The fourth-order valence-corrected chi connectivity index (χ4v) is 9.53. The van der Waals surface area contributed by atoms with E-state index in [1.54, 1.807) is 0 Å². The standard InChI is InChI=1S/C53H36N2O2/c1-33-23-28-41-39-18-9-11-22-48(39)57-53(41)51(33)55(37-15-6-3-7-16-37)45-32-27-35-24-29-42-44(31-26-34-25-30-43(45)50(35)49(34)42)54(36-13-4-2-5-14-36)46-20-12-19-40-38-17-8-10-21-47(38)56-52(40)46/h2-33,51H,1H3. The summed E-state index contributed by atoms with van der Waals surface area (Å²) in [5, 5.41) is 10.7. The zero-order valence-electron chi connectivity index (χ0n) is 31.3. The van der Waals surface area contributed by atoms with Crippen LogP contribution >= 0.6 is 0 Å². The zero-order chi connectivity index (χ0) is 37.6. The molecule has 0 spiro atoms. The van der Waals surface area contributed by atoms with Crippen LogP contribution < -0.4 is 9.80 Å². The van der Waals surface area contributed by atoms with Crippen molar-refractivity contribution in [3.63, 3.8) is 0 Å². The molecule has 4 heteroatoms. The molecule has 2 heterocycles. The molecule has 0 aliphatic heterocycles. The first kappa shape index (κ1) is 32.0. The van der Waals surface area contributed by atoms with E-state index in [2.05, 4.69) is 199 Å². The molecule has 0 saturated heterocycles. The predicted molar refractivity (Wildman–Crippen MR) is 238 cm³/mol. The maximum atomic E-state index is 6.79. The second-order valence-corrected chi connectivity index (χ2v) is 15.3. The van der Waals surface area contributed by atoms with E-state index < -0.39 is 0 Å². The van der Waals surface area contributed by atoms with Crippen molar-refractivity contribution in [2.75, 3.05) is 9.80 Å². The van der Waals surface area contributed by atoms with Gasteiger partial charge in [-0.1, -0.05) is 140 Å². The van der Waals surface area contributed by atoms with Crippen molar-refractivity contribution in [1.29, 1.82) is 0 Å². The summed E-state index contributed by atoms with van der Waals surface area (Å²) in [6.45, 7) is 2.30. The Kier molecular flexibility index (Phi) is 6.93. The van der Waals surface area contributed by atoms with E-state index in [0.29, 0.717) is 0 Å². The van der Waals surface area contributed by atoms with Gasteiger partial charge >= 0.3 is 0 Å². The molecule has 9 aromatic carbocycles. The van der Waals surface area contributed by atoms with Crippen molar-refractivity contribution in [2.24, 2.45) is 5.92 Å². The van der Waals surface area contributed by atoms with Crippen LogP contribution in [0.3, 0.4) is 0 Å². The molecular formula is C53H36N2O2. The number of anilines is 5. The number of hydrogen-bond donors (Lipinski definition) is 0. The molecule has 4 nitrogen and oxygen atoms in total. The van der Waals surface area contributed by atoms with Crippen molar-refractivity contribution in [3.05, 3.63) is 193 Å². The van der Waals surface area contributed by atoms with Gasteiger partial charge in [0.1, 0.15) is 16.9 Å². The van der Waals surface area contributed by atoms with Crippen LogP contribution in [0.15, 0.2) is 191 Å². The Labute approximate surface area is 329 Å². The Morgan fingerprint density at radius 3 is 1.75 bits per heavy atom. The van der Waals surface area contributed by atoms with Gasteiger partial charge in [0.15, 0.2) is 5.58 Å². The quantitative estimate of drug-likeness (QED) is 0.159. The van der Waals surface area contributed by atoms with Crippen LogP contribution in [0.25, 0.3) is 71.3 Å². The Bertz CT molecular complexity index is 3340. The van der Waals surface area contributed by atoms with Gasteiger partial charge in [0, 0.05) is 55.5 Å². The first-order valence-corrected chi connectivity index (χ1v) is 19.7. The monoisotopic (exact) mass is 732 g/mol. The Balaban J connectivity index is 1.12. The molecule has 57 heavy (non-hydrogen) atoms. The predicted octanol–water partition coefficient (Wildman–Crippen LogP) is 15.2. The molecule has 11 aromatic rings. The normalized spacial score (nSPS) is 15.4. The third kappa shape index (κ3) is 4.74. The Morgan fingerprint density at radius 1 is 0.439 bits per heavy atom. The van der Waals surface area contributed by atoms with Crippen LogP contribution in [-0.2, 0) is 0 Å². The molecule has 2 atom stereocenters. The van der Waals surface area contributed by atoms with Gasteiger partial charge in [-0.2, -0.15) is 0 Å². The van der Waals surface area contributed by atoms with Crippen molar-refractivity contribution in [1.82, 2.24) is 0 Å². The summed E-state index contributed by atoms with van der Waals surface area (Å²) in [5.74, 6) is 1.19. The van der Waals surface area contributed by atoms with Crippen LogP contribution in [0.1, 0.15) is 24.3 Å². The molecule has 12 rings (SSSR count). The maximum Gasteiger partial charge on any atom is 0.159 e. The van der Waals surface area contributed by atoms with Gasteiger partial charge in [0.25, 0.3) is 0 Å². The van der Waals surface area contributed by atoms with Gasteiger partial charge in [0.05, 0.1) is 17.4 Å². The first-order valence-electron chi connectivity index (χ1n) is 19.7. The van der Waals surface area contributed by atoms with Crippen LogP contribution in [0.5, 0.6) is 0 Å². The van der Waals surface area contributed by atoms with E-state index in [-0.39, 0.29) is 12.0 Å². The number of rotatable bonds is 6. The fraction of sp³-hybridized carbons (Fsp3) is 0.0566. The van der Waals surface area contributed by atoms with E-state index in [0.717, 1.165) is 72.7 Å². The smallest absolute Gasteiger partial charge is 0.159 e. The van der Waals surface area contributed by atoms with Gasteiger partial charge in [-0.25, -0.2) is 0 Å². The van der Waals surface area contributed by atoms with Crippen LogP contribution in [0, 0.1) is 5.92 Å². The summed E-state index contributed by atoms with van der Waals surface area (Å²) in [7, 11) is 0. The summed E-state index contributed by atoms with van der Waals surface area (Å²) >= 11 is 0. The van der Waals surface area contributed by atoms with E-state index >= 15 is 0 Å². The summed E-state index contributed by atoms with van der Waals surface area (Å²) in [5.41, 5.74) is 9.28. The van der Waals surface area contributed by atoms with Crippen molar-refractivity contribution in [3.8, 4) is 0 Å². The topological polar surface area (TPSA) is 32.8 Å². The average molecular weight is 733 g/mol. The van der Waals surface area contributed by atoms with Crippen molar-refractivity contribution >= 4 is 99.7 Å². The molecule has 1 aliphatic rings. The first-order chi connectivity index (χ1) is 28.2. The lowest BCUT2D eigenvalue weighted by atomic mass is 9.87. The molecular weight excluding hydrogens is 697 g/mol. The lowest BCUT2D eigenvalue weighted by molar-refractivity contribution is 0.433. The number of para-hydroxylation sites is 5. The minimum atomic E-state index is -0.0632. The summed E-state index contributed by atoms with van der Waals surface area (Å²) < 4.78 is 13.5. The minimum absolute atomic E-state index is 0.0632. The lowest BCUT2D eigenvalue weighted by Crippen LogP contribution is -2.30. The summed E-state index contributed by atoms with van der Waals surface area (Å²) in [4.78, 5) is 4.88. The Hall–Kier alpha value is -7.30. The fourth-order valence-electron chi connectivity index (χ4n) is 9.53. The van der Waals surface area contributed by atoms with E-state index in [4.69, 9.17) is 8.83 Å². The van der Waals surface area contributed by atoms with Crippen molar-refractivity contribution < 1.29 is 8.83 Å². The maximum absolute atomic E-state index is 6.79. The van der Waals surface area contributed by atoms with Crippen molar-refractivity contribution in [2.45, 2.75) is 13.0 Å². The second kappa shape index (κ2) is 12.4. The molecule has 0 radical (unpaired) electrons. The molecule has 0 bridgehead atoms. The SMILES string of the molecule is CC1C=Cc2c(oc3ccccc23)C1N(c1ccccc1)c1ccc2ccc3c(N(c4ccccc4)c4cccc5c4oc4ccccc45)ccc4ccc1c2c43. The molecule has 2 aromatic heterocycles. The molecule has 0 saturated carbocycles. The largest absolute Gasteiger partial charge is 0.458 e. The molecule has 1 aliphatic carbocycles. The summed E-state index contributed by atoms with van der Waals surface area (Å²) in [6, 6.07) is 63.0. The molecule has 0 amide bonds. The number of hydrogen-bond acceptors (Lipinski definition) is 4. The van der Waals surface area contributed by atoms with E-state index in [1.165, 1.54) is 32.3 Å². The Morgan fingerprint density at radius 2 is 1.02 bits per heavy atom.